The summed E-state index contributed by atoms with van der Waals surface area (Å²) in [6, 6.07) is 9.95. The van der Waals surface area contributed by atoms with Crippen molar-refractivity contribution in [3.8, 4) is 0 Å². The molecule has 0 radical (unpaired) electrons. The molecule has 0 N–H and O–H groups in total. The minimum atomic E-state index is -0.0878. The Bertz CT molecular complexity index is 910. The minimum Gasteiger partial charge on any atom is -0.288 e. The zero-order valence-corrected chi connectivity index (χ0v) is 18.1. The second kappa shape index (κ2) is 8.57. The fraction of sp³-hybridized carbons (Fsp3) is 0.480. The number of aryl methyl sites for hydroxylation is 1. The zero-order chi connectivity index (χ0) is 20.4. The summed E-state index contributed by atoms with van der Waals surface area (Å²) in [4.78, 5) is 7.17. The van der Waals surface area contributed by atoms with Crippen molar-refractivity contribution in [1.82, 2.24) is 4.90 Å². The van der Waals surface area contributed by atoms with Crippen LogP contribution in [-0.2, 0) is 6.42 Å². The summed E-state index contributed by atoms with van der Waals surface area (Å²) in [5, 5.41) is 2.26. The molecule has 0 bridgehead atoms. The van der Waals surface area contributed by atoms with Gasteiger partial charge in [0.2, 0.25) is 0 Å². The largest absolute Gasteiger partial charge is 0.288 e. The van der Waals surface area contributed by atoms with Gasteiger partial charge >= 0.3 is 0 Å². The molecular formula is C25H33FN2. The van der Waals surface area contributed by atoms with Gasteiger partial charge in [-0.1, -0.05) is 44.2 Å². The predicted molar refractivity (Wildman–Crippen MR) is 119 cm³/mol. The number of aliphatic imine (C=N–C) groups is 1. The maximum absolute atomic E-state index is 14.6. The second-order valence-electron chi connectivity index (χ2n) is 8.30. The lowest BCUT2D eigenvalue weighted by molar-refractivity contribution is 0.322. The summed E-state index contributed by atoms with van der Waals surface area (Å²) in [5.41, 5.74) is 4.69. The zero-order valence-electron chi connectivity index (χ0n) is 18.1. The Balaban J connectivity index is 2.12. The van der Waals surface area contributed by atoms with Crippen LogP contribution in [0.1, 0.15) is 57.6 Å². The van der Waals surface area contributed by atoms with E-state index in [-0.39, 0.29) is 12.0 Å². The number of allylic oxidation sites excluding steroid dienone is 2. The SMILES string of the molecule is C/C=C1/CC(C)C(c2cccc3ccc(F)c(CC)c23)CC1=NC(C)N(C)C. The van der Waals surface area contributed by atoms with E-state index in [2.05, 4.69) is 64.0 Å². The van der Waals surface area contributed by atoms with Gasteiger partial charge in [0.15, 0.2) is 0 Å². The van der Waals surface area contributed by atoms with Gasteiger partial charge in [0.25, 0.3) is 0 Å². The van der Waals surface area contributed by atoms with Gasteiger partial charge in [-0.2, -0.15) is 0 Å². The Hall–Kier alpha value is -2.00. The maximum atomic E-state index is 14.6. The third-order valence-electron chi connectivity index (χ3n) is 6.33. The Kier molecular flexibility index (Phi) is 6.34. The highest BCUT2D eigenvalue weighted by atomic mass is 19.1. The number of rotatable bonds is 4. The summed E-state index contributed by atoms with van der Waals surface area (Å²) in [7, 11) is 4.13. The highest BCUT2D eigenvalue weighted by Crippen LogP contribution is 2.42. The van der Waals surface area contributed by atoms with Crippen LogP contribution in [0, 0.1) is 11.7 Å². The lowest BCUT2D eigenvalue weighted by atomic mass is 9.72. The Morgan fingerprint density at radius 1 is 1.21 bits per heavy atom. The van der Waals surface area contributed by atoms with Gasteiger partial charge in [0.05, 0.1) is 6.17 Å². The highest BCUT2D eigenvalue weighted by molar-refractivity contribution is 6.02. The van der Waals surface area contributed by atoms with Gasteiger partial charge in [0, 0.05) is 5.71 Å². The van der Waals surface area contributed by atoms with Gasteiger partial charge in [0.1, 0.15) is 5.82 Å². The molecular weight excluding hydrogens is 347 g/mol. The molecule has 150 valence electrons. The fourth-order valence-corrected chi connectivity index (χ4v) is 4.44. The molecule has 3 atom stereocenters. The van der Waals surface area contributed by atoms with Gasteiger partial charge in [-0.15, -0.1) is 0 Å². The van der Waals surface area contributed by atoms with Gasteiger partial charge < -0.3 is 0 Å². The first-order valence-electron chi connectivity index (χ1n) is 10.5. The molecule has 0 amide bonds. The van der Waals surface area contributed by atoms with E-state index in [0.717, 1.165) is 29.2 Å². The molecule has 0 spiro atoms. The number of benzene rings is 2. The number of hydrogen-bond donors (Lipinski definition) is 0. The van der Waals surface area contributed by atoms with Crippen molar-refractivity contribution < 1.29 is 4.39 Å². The lowest BCUT2D eigenvalue weighted by Crippen LogP contribution is -2.29. The molecule has 28 heavy (non-hydrogen) atoms. The average Bonchev–Trinajstić information content (AvgIpc) is 2.68. The van der Waals surface area contributed by atoms with Gasteiger partial charge in [-0.25, -0.2) is 4.39 Å². The van der Waals surface area contributed by atoms with Crippen LogP contribution in [0.4, 0.5) is 4.39 Å². The van der Waals surface area contributed by atoms with Crippen molar-refractivity contribution in [2.75, 3.05) is 14.1 Å². The normalized spacial score (nSPS) is 24.4. The minimum absolute atomic E-state index is 0.0878. The van der Waals surface area contributed by atoms with Crippen molar-refractivity contribution >= 4 is 16.5 Å². The molecule has 0 aliphatic heterocycles. The number of hydrogen-bond acceptors (Lipinski definition) is 2. The summed E-state index contributed by atoms with van der Waals surface area (Å²) in [5.74, 6) is 0.765. The van der Waals surface area contributed by atoms with Crippen LogP contribution in [0.2, 0.25) is 0 Å². The van der Waals surface area contributed by atoms with Crippen molar-refractivity contribution in [1.29, 1.82) is 0 Å². The van der Waals surface area contributed by atoms with Gasteiger partial charge in [-0.05, 0) is 92.6 Å². The molecule has 0 saturated heterocycles. The van der Waals surface area contributed by atoms with Crippen LogP contribution in [0.15, 0.2) is 47.0 Å². The van der Waals surface area contributed by atoms with E-state index in [1.807, 2.05) is 13.0 Å². The van der Waals surface area contributed by atoms with Crippen molar-refractivity contribution in [3.05, 3.63) is 58.9 Å². The molecule has 2 aromatic rings. The standard InChI is InChI=1S/C25H33FN2/c1-7-18-14-16(3)22(15-24(18)27-17(4)28(5)6)21-11-9-10-19-12-13-23(26)20(8-2)25(19)21/h7,9-13,16-17,22H,8,14-15H2,1-6H3/b18-7-,27-24?. The first-order chi connectivity index (χ1) is 13.4. The topological polar surface area (TPSA) is 15.6 Å². The molecule has 3 rings (SSSR count). The molecule has 1 fully saturated rings. The second-order valence-corrected chi connectivity index (χ2v) is 8.30. The number of nitrogens with zero attached hydrogens (tertiary/aromatic N) is 2. The lowest BCUT2D eigenvalue weighted by Gasteiger charge is -2.34. The first kappa shape index (κ1) is 20.7. The van der Waals surface area contributed by atoms with Crippen LogP contribution in [0.3, 0.4) is 0 Å². The molecule has 1 aliphatic carbocycles. The van der Waals surface area contributed by atoms with Gasteiger partial charge in [-0.3, -0.25) is 9.89 Å². The van der Waals surface area contributed by atoms with Crippen LogP contribution in [-0.4, -0.2) is 30.9 Å². The smallest absolute Gasteiger partial charge is 0.127 e. The van der Waals surface area contributed by atoms with E-state index in [4.69, 9.17) is 4.99 Å². The van der Waals surface area contributed by atoms with Crippen molar-refractivity contribution in [3.63, 3.8) is 0 Å². The Labute approximate surface area is 169 Å². The maximum Gasteiger partial charge on any atom is 0.127 e. The first-order valence-corrected chi connectivity index (χ1v) is 10.5. The fourth-order valence-electron chi connectivity index (χ4n) is 4.44. The van der Waals surface area contributed by atoms with E-state index in [0.29, 0.717) is 18.3 Å². The van der Waals surface area contributed by atoms with E-state index >= 15 is 0 Å². The summed E-state index contributed by atoms with van der Waals surface area (Å²) < 4.78 is 14.6. The third-order valence-corrected chi connectivity index (χ3v) is 6.33. The average molecular weight is 381 g/mol. The number of halogens is 1. The predicted octanol–water partition coefficient (Wildman–Crippen LogP) is 6.35. The Morgan fingerprint density at radius 3 is 2.61 bits per heavy atom. The number of fused-ring (bicyclic) bond motifs is 1. The van der Waals surface area contributed by atoms with E-state index in [1.54, 1.807) is 6.07 Å². The molecule has 1 aliphatic rings. The summed E-state index contributed by atoms with van der Waals surface area (Å²) >= 11 is 0. The summed E-state index contributed by atoms with van der Waals surface area (Å²) in [6.45, 7) is 8.61. The van der Waals surface area contributed by atoms with E-state index in [9.17, 15) is 4.39 Å². The van der Waals surface area contributed by atoms with E-state index in [1.165, 1.54) is 16.8 Å². The Morgan fingerprint density at radius 2 is 1.96 bits per heavy atom. The van der Waals surface area contributed by atoms with E-state index < -0.39 is 0 Å². The molecule has 3 unspecified atom stereocenters. The quantitative estimate of drug-likeness (QED) is 0.603. The molecule has 0 aromatic heterocycles. The van der Waals surface area contributed by atoms with Crippen LogP contribution >= 0.6 is 0 Å². The van der Waals surface area contributed by atoms with Crippen molar-refractivity contribution in [2.45, 2.75) is 59.0 Å². The molecule has 1 saturated carbocycles. The van der Waals surface area contributed by atoms with Crippen LogP contribution in [0.5, 0.6) is 0 Å². The molecule has 2 aromatic carbocycles. The third kappa shape index (κ3) is 3.91. The molecule has 2 nitrogen and oxygen atoms in total. The monoisotopic (exact) mass is 380 g/mol. The molecule has 0 heterocycles. The molecule has 3 heteroatoms. The van der Waals surface area contributed by atoms with Crippen LogP contribution < -0.4 is 0 Å². The highest BCUT2D eigenvalue weighted by Gasteiger charge is 2.31. The summed E-state index contributed by atoms with van der Waals surface area (Å²) in [6.07, 6.45) is 5.01. The van der Waals surface area contributed by atoms with Crippen molar-refractivity contribution in [2.24, 2.45) is 10.9 Å². The van der Waals surface area contributed by atoms with Crippen LogP contribution in [0.25, 0.3) is 10.8 Å².